The molecule has 0 heterocycles. The lowest BCUT2D eigenvalue weighted by atomic mass is 10.1. The second-order valence-corrected chi connectivity index (χ2v) is 6.55. The molecule has 0 aliphatic heterocycles. The first-order valence-corrected chi connectivity index (χ1v) is 8.98. The lowest BCUT2D eigenvalue weighted by molar-refractivity contribution is -0.122. The van der Waals surface area contributed by atoms with Crippen molar-refractivity contribution in [1.29, 1.82) is 0 Å². The minimum absolute atomic E-state index is 0.119. The smallest absolute Gasteiger partial charge is 0.228 e. The SMILES string of the molecule is CCc1ccc(NC(=O)C2CC2C(=O)Nc2ccc(OC)c(OC)c2)cc1. The summed E-state index contributed by atoms with van der Waals surface area (Å²) in [4.78, 5) is 24.8. The summed E-state index contributed by atoms with van der Waals surface area (Å²) in [6.07, 6.45) is 1.51. The van der Waals surface area contributed by atoms with E-state index in [0.717, 1.165) is 12.1 Å². The van der Waals surface area contributed by atoms with Crippen LogP contribution in [0.4, 0.5) is 11.4 Å². The van der Waals surface area contributed by atoms with Crippen molar-refractivity contribution in [2.75, 3.05) is 24.9 Å². The molecular formula is C21H24N2O4. The van der Waals surface area contributed by atoms with Crippen molar-refractivity contribution in [3.8, 4) is 11.5 Å². The molecule has 2 atom stereocenters. The zero-order valence-electron chi connectivity index (χ0n) is 15.7. The van der Waals surface area contributed by atoms with Crippen LogP contribution in [0.15, 0.2) is 42.5 Å². The topological polar surface area (TPSA) is 76.7 Å². The molecular weight excluding hydrogens is 344 g/mol. The number of ether oxygens (including phenoxy) is 2. The number of hydrogen-bond donors (Lipinski definition) is 2. The summed E-state index contributed by atoms with van der Waals surface area (Å²) in [5.74, 6) is 0.239. The van der Waals surface area contributed by atoms with Gasteiger partial charge in [-0.05, 0) is 42.7 Å². The lowest BCUT2D eigenvalue weighted by Gasteiger charge is -2.10. The van der Waals surface area contributed by atoms with Gasteiger partial charge in [0.15, 0.2) is 11.5 Å². The van der Waals surface area contributed by atoms with Gasteiger partial charge in [-0.15, -0.1) is 0 Å². The number of hydrogen-bond acceptors (Lipinski definition) is 4. The lowest BCUT2D eigenvalue weighted by Crippen LogP contribution is -2.20. The number of nitrogens with one attached hydrogen (secondary N) is 2. The maximum Gasteiger partial charge on any atom is 0.228 e. The molecule has 1 fully saturated rings. The predicted molar refractivity (Wildman–Crippen MR) is 104 cm³/mol. The van der Waals surface area contributed by atoms with Crippen LogP contribution in [0, 0.1) is 11.8 Å². The monoisotopic (exact) mass is 368 g/mol. The first-order valence-electron chi connectivity index (χ1n) is 8.98. The average Bonchev–Trinajstić information content (AvgIpc) is 3.49. The van der Waals surface area contributed by atoms with Crippen LogP contribution in [-0.4, -0.2) is 26.0 Å². The highest BCUT2D eigenvalue weighted by atomic mass is 16.5. The minimum atomic E-state index is -0.312. The zero-order valence-corrected chi connectivity index (χ0v) is 15.7. The third kappa shape index (κ3) is 4.39. The van der Waals surface area contributed by atoms with E-state index in [1.807, 2.05) is 24.3 Å². The first-order chi connectivity index (χ1) is 13.0. The van der Waals surface area contributed by atoms with Gasteiger partial charge in [-0.25, -0.2) is 0 Å². The fourth-order valence-corrected chi connectivity index (χ4v) is 2.98. The van der Waals surface area contributed by atoms with Gasteiger partial charge in [0.2, 0.25) is 11.8 Å². The summed E-state index contributed by atoms with van der Waals surface area (Å²) in [5.41, 5.74) is 2.58. The van der Waals surface area contributed by atoms with Gasteiger partial charge in [0, 0.05) is 17.4 Å². The molecule has 3 rings (SSSR count). The van der Waals surface area contributed by atoms with Crippen LogP contribution in [0.3, 0.4) is 0 Å². The molecule has 2 aromatic carbocycles. The van der Waals surface area contributed by atoms with E-state index < -0.39 is 0 Å². The van der Waals surface area contributed by atoms with Crippen LogP contribution >= 0.6 is 0 Å². The van der Waals surface area contributed by atoms with E-state index in [-0.39, 0.29) is 23.7 Å². The molecule has 1 aliphatic rings. The molecule has 6 heteroatoms. The van der Waals surface area contributed by atoms with Gasteiger partial charge in [0.25, 0.3) is 0 Å². The number of benzene rings is 2. The normalized spacial score (nSPS) is 17.7. The number of methoxy groups -OCH3 is 2. The molecule has 6 nitrogen and oxygen atoms in total. The summed E-state index contributed by atoms with van der Waals surface area (Å²) in [6.45, 7) is 2.08. The highest BCUT2D eigenvalue weighted by Crippen LogP contribution is 2.40. The van der Waals surface area contributed by atoms with E-state index in [0.29, 0.717) is 23.6 Å². The van der Waals surface area contributed by atoms with Crippen LogP contribution in [0.25, 0.3) is 0 Å². The molecule has 0 bridgehead atoms. The zero-order chi connectivity index (χ0) is 19.4. The second-order valence-electron chi connectivity index (χ2n) is 6.55. The maximum absolute atomic E-state index is 12.4. The number of rotatable bonds is 7. The fourth-order valence-electron chi connectivity index (χ4n) is 2.98. The Morgan fingerprint density at radius 1 is 0.889 bits per heavy atom. The number of aryl methyl sites for hydroxylation is 1. The standard InChI is InChI=1S/C21H24N2O4/c1-4-13-5-7-14(8-6-13)22-20(24)16-12-17(16)21(25)23-15-9-10-18(26-2)19(11-15)27-3/h5-11,16-17H,4,12H2,1-3H3,(H,22,24)(H,23,25). The van der Waals surface area contributed by atoms with Crippen molar-refractivity contribution >= 4 is 23.2 Å². The van der Waals surface area contributed by atoms with E-state index in [1.165, 1.54) is 12.7 Å². The summed E-state index contributed by atoms with van der Waals surface area (Å²) >= 11 is 0. The molecule has 2 N–H and O–H groups in total. The minimum Gasteiger partial charge on any atom is -0.493 e. The molecule has 0 radical (unpaired) electrons. The third-order valence-corrected chi connectivity index (χ3v) is 4.74. The van der Waals surface area contributed by atoms with Crippen molar-refractivity contribution < 1.29 is 19.1 Å². The Hall–Kier alpha value is -3.02. The van der Waals surface area contributed by atoms with E-state index >= 15 is 0 Å². The predicted octanol–water partition coefficient (Wildman–Crippen LogP) is 3.48. The van der Waals surface area contributed by atoms with Gasteiger partial charge in [0.05, 0.1) is 26.1 Å². The van der Waals surface area contributed by atoms with E-state index in [4.69, 9.17) is 9.47 Å². The van der Waals surface area contributed by atoms with Crippen LogP contribution in [-0.2, 0) is 16.0 Å². The second kappa shape index (κ2) is 8.12. The molecule has 0 aromatic heterocycles. The summed E-state index contributed by atoms with van der Waals surface area (Å²) < 4.78 is 10.4. The van der Waals surface area contributed by atoms with Crippen LogP contribution < -0.4 is 20.1 Å². The quantitative estimate of drug-likeness (QED) is 0.784. The molecule has 2 aromatic rings. The number of anilines is 2. The number of amides is 2. The molecule has 2 amide bonds. The molecule has 1 saturated carbocycles. The highest BCUT2D eigenvalue weighted by molar-refractivity contribution is 6.03. The van der Waals surface area contributed by atoms with Crippen molar-refractivity contribution in [2.24, 2.45) is 11.8 Å². The summed E-state index contributed by atoms with van der Waals surface area (Å²) in [6, 6.07) is 12.9. The van der Waals surface area contributed by atoms with Gasteiger partial charge in [-0.2, -0.15) is 0 Å². The Balaban J connectivity index is 1.55. The van der Waals surface area contributed by atoms with Gasteiger partial charge in [0.1, 0.15) is 0 Å². The number of carbonyl (C=O) groups excluding carboxylic acids is 2. The van der Waals surface area contributed by atoms with Crippen molar-refractivity contribution in [2.45, 2.75) is 19.8 Å². The van der Waals surface area contributed by atoms with Crippen LogP contribution in [0.5, 0.6) is 11.5 Å². The van der Waals surface area contributed by atoms with Crippen molar-refractivity contribution in [1.82, 2.24) is 0 Å². The van der Waals surface area contributed by atoms with E-state index in [9.17, 15) is 9.59 Å². The largest absolute Gasteiger partial charge is 0.493 e. The van der Waals surface area contributed by atoms with E-state index in [1.54, 1.807) is 25.3 Å². The molecule has 1 aliphatic carbocycles. The van der Waals surface area contributed by atoms with Crippen molar-refractivity contribution in [3.05, 3.63) is 48.0 Å². The summed E-state index contributed by atoms with van der Waals surface area (Å²) in [7, 11) is 3.09. The Morgan fingerprint density at radius 2 is 1.44 bits per heavy atom. The third-order valence-electron chi connectivity index (χ3n) is 4.74. The Morgan fingerprint density at radius 3 is 2.00 bits per heavy atom. The molecule has 0 saturated heterocycles. The van der Waals surface area contributed by atoms with E-state index in [2.05, 4.69) is 17.6 Å². The molecule has 0 spiro atoms. The highest BCUT2D eigenvalue weighted by Gasteiger charge is 2.48. The Kier molecular flexibility index (Phi) is 5.64. The van der Waals surface area contributed by atoms with Crippen LogP contribution in [0.2, 0.25) is 0 Å². The van der Waals surface area contributed by atoms with Crippen LogP contribution in [0.1, 0.15) is 18.9 Å². The molecule has 2 unspecified atom stereocenters. The molecule has 142 valence electrons. The van der Waals surface area contributed by atoms with Crippen molar-refractivity contribution in [3.63, 3.8) is 0 Å². The Labute approximate surface area is 158 Å². The maximum atomic E-state index is 12.4. The van der Waals surface area contributed by atoms with Gasteiger partial charge >= 0.3 is 0 Å². The summed E-state index contributed by atoms with van der Waals surface area (Å²) in [5, 5.41) is 5.72. The fraction of sp³-hybridized carbons (Fsp3) is 0.333. The first kappa shape index (κ1) is 18.8. The van der Waals surface area contributed by atoms with Gasteiger partial charge < -0.3 is 20.1 Å². The molecule has 27 heavy (non-hydrogen) atoms. The Bertz CT molecular complexity index is 833. The number of carbonyl (C=O) groups is 2. The average molecular weight is 368 g/mol. The van der Waals surface area contributed by atoms with Gasteiger partial charge in [-0.1, -0.05) is 19.1 Å². The van der Waals surface area contributed by atoms with Gasteiger partial charge in [-0.3, -0.25) is 9.59 Å².